The van der Waals surface area contributed by atoms with Crippen LogP contribution in [0.5, 0.6) is 0 Å². The van der Waals surface area contributed by atoms with Crippen molar-refractivity contribution in [3.05, 3.63) is 33.4 Å². The Balaban J connectivity index is 1.15. The Kier molecular flexibility index (Phi) is 7.79. The van der Waals surface area contributed by atoms with Gasteiger partial charge < -0.3 is 9.73 Å². The number of oxazole rings is 1. The Bertz CT molecular complexity index is 931. The Morgan fingerprint density at radius 1 is 1.33 bits per heavy atom. The molecule has 1 aliphatic heterocycles. The highest BCUT2D eigenvalue weighted by Crippen LogP contribution is 2.30. The molecule has 6 nitrogen and oxygen atoms in total. The van der Waals surface area contributed by atoms with Gasteiger partial charge in [-0.1, -0.05) is 0 Å². The summed E-state index contributed by atoms with van der Waals surface area (Å²) in [5, 5.41) is 3.99. The number of carbonyl (C=O) groups is 1. The van der Waals surface area contributed by atoms with E-state index in [9.17, 15) is 13.6 Å². The van der Waals surface area contributed by atoms with Gasteiger partial charge in [-0.3, -0.25) is 9.69 Å². The van der Waals surface area contributed by atoms with Gasteiger partial charge in [0, 0.05) is 43.8 Å². The lowest BCUT2D eigenvalue weighted by Crippen LogP contribution is -2.39. The first kappa shape index (κ1) is 24.3. The molecule has 182 valence electrons. The third-order valence-electron chi connectivity index (χ3n) is 6.70. The Morgan fingerprint density at radius 2 is 2.12 bits per heavy atom. The van der Waals surface area contributed by atoms with Gasteiger partial charge in [0.05, 0.1) is 23.3 Å². The van der Waals surface area contributed by atoms with Gasteiger partial charge in [0.2, 0.25) is 11.8 Å². The fourth-order valence-electron chi connectivity index (χ4n) is 4.82. The fraction of sp³-hybridized carbons (Fsp3) is 0.708. The molecule has 2 aromatic heterocycles. The Hall–Kier alpha value is -1.87. The Labute approximate surface area is 198 Å². The number of hydrogen-bond donors (Lipinski definition) is 1. The van der Waals surface area contributed by atoms with Crippen molar-refractivity contribution in [3.8, 4) is 0 Å². The highest BCUT2D eigenvalue weighted by molar-refractivity contribution is 7.11. The number of nitrogens with one attached hydrogen (secondary N) is 1. The van der Waals surface area contributed by atoms with E-state index in [4.69, 9.17) is 4.42 Å². The van der Waals surface area contributed by atoms with Crippen molar-refractivity contribution in [2.45, 2.75) is 90.1 Å². The SMILES string of the molecule is Cc1ncc(CC(=O)N[C@H]2CC[C@H](CCN3CCc4sc(CCC(C)(F)F)nc4C3)CC2)o1. The highest BCUT2D eigenvalue weighted by Gasteiger charge is 2.26. The third-order valence-corrected chi connectivity index (χ3v) is 7.92. The van der Waals surface area contributed by atoms with Crippen LogP contribution in [0.2, 0.25) is 0 Å². The first-order chi connectivity index (χ1) is 15.7. The topological polar surface area (TPSA) is 71.3 Å². The molecule has 1 amide bonds. The van der Waals surface area contributed by atoms with Crippen LogP contribution in [-0.4, -0.2) is 45.8 Å². The van der Waals surface area contributed by atoms with Crippen LogP contribution in [0.25, 0.3) is 0 Å². The van der Waals surface area contributed by atoms with Crippen LogP contribution in [0.15, 0.2) is 10.6 Å². The fourth-order valence-corrected chi connectivity index (χ4v) is 5.88. The summed E-state index contributed by atoms with van der Waals surface area (Å²) in [6, 6.07) is 0.249. The quantitative estimate of drug-likeness (QED) is 0.564. The summed E-state index contributed by atoms with van der Waals surface area (Å²) >= 11 is 1.62. The minimum absolute atomic E-state index is 0.00371. The molecule has 4 rings (SSSR count). The van der Waals surface area contributed by atoms with Gasteiger partial charge in [0.1, 0.15) is 5.76 Å². The molecule has 0 aromatic carbocycles. The van der Waals surface area contributed by atoms with E-state index in [2.05, 4.69) is 20.2 Å². The van der Waals surface area contributed by atoms with Gasteiger partial charge in [0.25, 0.3) is 0 Å². The lowest BCUT2D eigenvalue weighted by molar-refractivity contribution is -0.121. The van der Waals surface area contributed by atoms with Crippen molar-refractivity contribution in [3.63, 3.8) is 0 Å². The van der Waals surface area contributed by atoms with Crippen LogP contribution in [0.4, 0.5) is 8.78 Å². The molecule has 1 N–H and O–H groups in total. The standard InChI is InChI=1S/C24H34F2N4O2S/c1-16-27-14-19(32-16)13-22(31)28-18-5-3-17(4-6-18)8-11-30-12-9-21-20(15-30)29-23(33-21)7-10-24(2,25)26/h14,17-18H,3-13,15H2,1-2H3,(H,28,31)/t17-,18-. The number of amides is 1. The average molecular weight is 481 g/mol. The zero-order chi connectivity index (χ0) is 23.4. The molecule has 1 saturated carbocycles. The maximum atomic E-state index is 13.1. The monoisotopic (exact) mass is 480 g/mol. The summed E-state index contributed by atoms with van der Waals surface area (Å²) in [4.78, 5) is 24.7. The molecule has 0 spiro atoms. The summed E-state index contributed by atoms with van der Waals surface area (Å²) in [6.45, 7) is 5.65. The predicted molar refractivity (Wildman–Crippen MR) is 123 cm³/mol. The molecule has 3 heterocycles. The van der Waals surface area contributed by atoms with Crippen molar-refractivity contribution in [2.75, 3.05) is 13.1 Å². The summed E-state index contributed by atoms with van der Waals surface area (Å²) < 4.78 is 31.7. The van der Waals surface area contributed by atoms with Crippen molar-refractivity contribution >= 4 is 17.2 Å². The summed E-state index contributed by atoms with van der Waals surface area (Å²) in [6.07, 6.45) is 8.54. The van der Waals surface area contributed by atoms with Crippen LogP contribution in [-0.2, 0) is 30.6 Å². The van der Waals surface area contributed by atoms with Crippen molar-refractivity contribution in [1.29, 1.82) is 0 Å². The van der Waals surface area contributed by atoms with Gasteiger partial charge >= 0.3 is 0 Å². The van der Waals surface area contributed by atoms with E-state index < -0.39 is 5.92 Å². The van der Waals surface area contributed by atoms with E-state index >= 15 is 0 Å². The minimum atomic E-state index is -2.63. The number of thiazole rings is 1. The Morgan fingerprint density at radius 3 is 2.82 bits per heavy atom. The van der Waals surface area contributed by atoms with Gasteiger partial charge in [-0.05, 0) is 57.9 Å². The number of aromatic nitrogens is 2. The second-order valence-corrected chi connectivity index (χ2v) is 10.8. The van der Waals surface area contributed by atoms with E-state index in [-0.39, 0.29) is 24.8 Å². The van der Waals surface area contributed by atoms with Gasteiger partial charge in [0.15, 0.2) is 5.89 Å². The number of fused-ring (bicyclic) bond motifs is 1. The maximum absolute atomic E-state index is 13.1. The second-order valence-electron chi connectivity index (χ2n) is 9.67. The number of hydrogen-bond acceptors (Lipinski definition) is 6. The predicted octanol–water partition coefficient (Wildman–Crippen LogP) is 4.69. The van der Waals surface area contributed by atoms with Crippen LogP contribution in [0.1, 0.15) is 72.7 Å². The van der Waals surface area contributed by atoms with Gasteiger partial charge in [-0.15, -0.1) is 11.3 Å². The largest absolute Gasteiger partial charge is 0.446 e. The molecule has 0 saturated heterocycles. The molecule has 0 unspecified atom stereocenters. The van der Waals surface area contributed by atoms with E-state index in [1.807, 2.05) is 0 Å². The molecule has 0 bridgehead atoms. The first-order valence-electron chi connectivity index (χ1n) is 12.0. The number of nitrogens with zero attached hydrogens (tertiary/aromatic N) is 3. The third kappa shape index (κ3) is 7.30. The number of halogens is 2. The number of carbonyl (C=O) groups excluding carboxylic acids is 1. The van der Waals surface area contributed by atoms with Crippen molar-refractivity contribution < 1.29 is 18.0 Å². The normalized spacial score (nSPS) is 21.7. The number of alkyl halides is 2. The minimum Gasteiger partial charge on any atom is -0.446 e. The summed E-state index contributed by atoms with van der Waals surface area (Å²) in [5.41, 5.74) is 1.09. The molecule has 0 radical (unpaired) electrons. The summed E-state index contributed by atoms with van der Waals surface area (Å²) in [5.74, 6) is -0.743. The van der Waals surface area contributed by atoms with E-state index in [0.717, 1.165) is 75.8 Å². The molecular weight excluding hydrogens is 446 g/mol. The molecular formula is C24H34F2N4O2S. The van der Waals surface area contributed by atoms with Crippen LogP contribution in [0.3, 0.4) is 0 Å². The maximum Gasteiger partial charge on any atom is 0.245 e. The summed E-state index contributed by atoms with van der Waals surface area (Å²) in [7, 11) is 0. The van der Waals surface area contributed by atoms with Crippen LogP contribution < -0.4 is 5.32 Å². The van der Waals surface area contributed by atoms with Gasteiger partial charge in [-0.2, -0.15) is 0 Å². The second kappa shape index (κ2) is 10.6. The molecule has 33 heavy (non-hydrogen) atoms. The van der Waals surface area contributed by atoms with Gasteiger partial charge in [-0.25, -0.2) is 18.7 Å². The number of aryl methyl sites for hydroxylation is 2. The first-order valence-corrected chi connectivity index (χ1v) is 12.8. The smallest absolute Gasteiger partial charge is 0.245 e. The molecule has 2 aliphatic rings. The zero-order valence-corrected chi connectivity index (χ0v) is 20.4. The molecule has 1 aliphatic carbocycles. The molecule has 2 aromatic rings. The number of rotatable bonds is 9. The van der Waals surface area contributed by atoms with Crippen molar-refractivity contribution in [1.82, 2.24) is 20.2 Å². The van der Waals surface area contributed by atoms with Crippen LogP contribution >= 0.6 is 11.3 Å². The average Bonchev–Trinajstić information content (AvgIpc) is 3.36. The highest BCUT2D eigenvalue weighted by atomic mass is 32.1. The molecule has 1 fully saturated rings. The lowest BCUT2D eigenvalue weighted by atomic mass is 9.84. The van der Waals surface area contributed by atoms with E-state index in [1.165, 1.54) is 4.88 Å². The van der Waals surface area contributed by atoms with Crippen molar-refractivity contribution in [2.24, 2.45) is 5.92 Å². The zero-order valence-electron chi connectivity index (χ0n) is 19.5. The molecule has 9 heteroatoms. The molecule has 0 atom stereocenters. The van der Waals surface area contributed by atoms with Crippen LogP contribution in [0, 0.1) is 12.8 Å². The van der Waals surface area contributed by atoms with E-state index in [1.54, 1.807) is 24.5 Å². The lowest BCUT2D eigenvalue weighted by Gasteiger charge is -2.32. The van der Waals surface area contributed by atoms with E-state index in [0.29, 0.717) is 24.0 Å².